The Morgan fingerprint density at radius 2 is 1.84 bits per heavy atom. The molecule has 0 radical (unpaired) electrons. The lowest BCUT2D eigenvalue weighted by Gasteiger charge is -2.36. The Morgan fingerprint density at radius 1 is 1.24 bits per heavy atom. The Bertz CT molecular complexity index is 639. The van der Waals surface area contributed by atoms with Crippen molar-refractivity contribution in [3.63, 3.8) is 0 Å². The molecule has 1 fully saturated rings. The van der Waals surface area contributed by atoms with Crippen LogP contribution >= 0.6 is 0 Å². The van der Waals surface area contributed by atoms with Gasteiger partial charge < -0.3 is 10.3 Å². The third-order valence-electron chi connectivity index (χ3n) is 4.64. The molecule has 1 unspecified atom stereocenters. The van der Waals surface area contributed by atoms with Crippen LogP contribution in [0.25, 0.3) is 0 Å². The predicted octanol–water partition coefficient (Wildman–Crippen LogP) is 4.37. The second-order valence-corrected chi connectivity index (χ2v) is 6.47. The third-order valence-corrected chi connectivity index (χ3v) is 4.64. The van der Waals surface area contributed by atoms with Crippen molar-refractivity contribution >= 4 is 17.3 Å². The van der Waals surface area contributed by atoms with E-state index in [0.717, 1.165) is 24.8 Å². The van der Waals surface area contributed by atoms with Crippen LogP contribution in [0, 0.1) is 16.7 Å². The molecule has 1 amide bonds. The Morgan fingerprint density at radius 3 is 2.32 bits per heavy atom. The van der Waals surface area contributed by atoms with Gasteiger partial charge in [0.15, 0.2) is 0 Å². The van der Waals surface area contributed by atoms with Gasteiger partial charge in [0.1, 0.15) is 11.4 Å². The van der Waals surface area contributed by atoms with E-state index in [2.05, 4.69) is 0 Å². The third kappa shape index (κ3) is 4.90. The maximum atomic E-state index is 12.6. The van der Waals surface area contributed by atoms with Crippen molar-refractivity contribution in [1.82, 2.24) is 4.90 Å². The van der Waals surface area contributed by atoms with Crippen LogP contribution in [0.1, 0.15) is 44.2 Å². The molecule has 1 aliphatic rings. The normalized spacial score (nSPS) is 16.0. The number of hydrogen-bond donors (Lipinski definition) is 2. The highest BCUT2D eigenvalue weighted by Gasteiger charge is 2.37. The summed E-state index contributed by atoms with van der Waals surface area (Å²) in [6.07, 6.45) is -2.75. The van der Waals surface area contributed by atoms with Crippen molar-refractivity contribution in [2.75, 3.05) is 6.54 Å². The fourth-order valence-electron chi connectivity index (χ4n) is 2.81. The molecule has 0 spiro atoms. The Labute approximate surface area is 145 Å². The van der Waals surface area contributed by atoms with Gasteiger partial charge in [-0.2, -0.15) is 13.2 Å². The van der Waals surface area contributed by atoms with Gasteiger partial charge in [0, 0.05) is 13.0 Å². The van der Waals surface area contributed by atoms with Gasteiger partial charge in [-0.15, -0.1) is 0 Å². The van der Waals surface area contributed by atoms with Crippen molar-refractivity contribution in [1.29, 1.82) is 10.8 Å². The van der Waals surface area contributed by atoms with Gasteiger partial charge in [0.2, 0.25) is 0 Å². The number of nitrogens with one attached hydrogen (secondary N) is 2. The second-order valence-electron chi connectivity index (χ2n) is 6.47. The number of alkyl halides is 3. The lowest BCUT2D eigenvalue weighted by atomic mass is 9.84. The molecule has 1 aromatic rings. The summed E-state index contributed by atoms with van der Waals surface area (Å²) in [7, 11) is 0. The lowest BCUT2D eigenvalue weighted by molar-refractivity contribution is -0.127. The fourth-order valence-corrected chi connectivity index (χ4v) is 2.81. The highest BCUT2D eigenvalue weighted by Crippen LogP contribution is 2.31. The molecule has 0 aromatic heterocycles. The molecule has 0 aliphatic heterocycles. The number of halogens is 3. The van der Waals surface area contributed by atoms with Gasteiger partial charge in [0.25, 0.3) is 5.91 Å². The number of nitrogens with zero attached hydrogens (tertiary/aromatic N) is 1. The zero-order valence-corrected chi connectivity index (χ0v) is 14.1. The summed E-state index contributed by atoms with van der Waals surface area (Å²) in [5.74, 6) is -0.401. The van der Waals surface area contributed by atoms with Crippen LogP contribution in [0.5, 0.6) is 0 Å². The van der Waals surface area contributed by atoms with Crippen molar-refractivity contribution in [2.24, 2.45) is 5.92 Å². The number of carbonyl (C=O) groups is 1. The van der Waals surface area contributed by atoms with E-state index in [-0.39, 0.29) is 6.04 Å². The molecular formula is C18H22F3N3O. The van der Waals surface area contributed by atoms with Gasteiger partial charge in [0.05, 0.1) is 6.04 Å². The molecule has 136 valence electrons. The first-order chi connectivity index (χ1) is 11.7. The Kier molecular flexibility index (Phi) is 5.98. The van der Waals surface area contributed by atoms with Crippen molar-refractivity contribution in [2.45, 2.75) is 44.8 Å². The van der Waals surface area contributed by atoms with Crippen LogP contribution in [-0.4, -0.2) is 35.0 Å². The molecule has 7 heteroatoms. The summed E-state index contributed by atoms with van der Waals surface area (Å²) in [6, 6.07) is 8.89. The predicted molar refractivity (Wildman–Crippen MR) is 90.0 cm³/mol. The van der Waals surface area contributed by atoms with E-state index in [4.69, 9.17) is 10.8 Å². The van der Waals surface area contributed by atoms with Crippen molar-refractivity contribution < 1.29 is 18.0 Å². The number of benzene rings is 1. The average Bonchev–Trinajstić information content (AvgIpc) is 2.52. The summed E-state index contributed by atoms with van der Waals surface area (Å²) >= 11 is 0. The van der Waals surface area contributed by atoms with Gasteiger partial charge in [-0.3, -0.25) is 10.2 Å². The van der Waals surface area contributed by atoms with Crippen LogP contribution in [-0.2, 0) is 4.79 Å². The molecule has 1 aliphatic carbocycles. The van der Waals surface area contributed by atoms with Gasteiger partial charge in [-0.05, 0) is 31.2 Å². The van der Waals surface area contributed by atoms with Crippen LogP contribution in [0.2, 0.25) is 0 Å². The van der Waals surface area contributed by atoms with E-state index in [1.54, 1.807) is 0 Å². The Balaban J connectivity index is 2.15. The average molecular weight is 353 g/mol. The maximum absolute atomic E-state index is 12.6. The van der Waals surface area contributed by atoms with E-state index in [0.29, 0.717) is 12.5 Å². The van der Waals surface area contributed by atoms with E-state index < -0.39 is 29.9 Å². The fraction of sp³-hybridized carbons (Fsp3) is 0.500. The minimum atomic E-state index is -4.81. The highest BCUT2D eigenvalue weighted by molar-refractivity contribution is 6.41. The molecule has 0 heterocycles. The molecule has 1 saturated carbocycles. The smallest absolute Gasteiger partial charge is 0.331 e. The van der Waals surface area contributed by atoms with Crippen molar-refractivity contribution in [3.8, 4) is 0 Å². The number of hydrogen-bond acceptors (Lipinski definition) is 3. The van der Waals surface area contributed by atoms with Gasteiger partial charge in [-0.1, -0.05) is 36.8 Å². The minimum absolute atomic E-state index is 0.324. The van der Waals surface area contributed by atoms with Crippen LogP contribution in [0.15, 0.2) is 30.3 Å². The summed E-state index contributed by atoms with van der Waals surface area (Å²) in [5.41, 5.74) is -1.39. The second kappa shape index (κ2) is 7.80. The molecule has 0 bridgehead atoms. The van der Waals surface area contributed by atoms with Crippen molar-refractivity contribution in [3.05, 3.63) is 35.9 Å². The molecule has 1 aromatic carbocycles. The number of amides is 1. The zero-order valence-electron chi connectivity index (χ0n) is 14.1. The van der Waals surface area contributed by atoms with E-state index in [1.165, 1.54) is 4.90 Å². The largest absolute Gasteiger partial charge is 0.429 e. The minimum Gasteiger partial charge on any atom is -0.331 e. The SMILES string of the molecule is CC(c1ccccc1)N(CC1CCC1)C(=O)C(=N)CC(=N)C(F)(F)F. The van der Waals surface area contributed by atoms with E-state index >= 15 is 0 Å². The molecular weight excluding hydrogens is 331 g/mol. The first-order valence-corrected chi connectivity index (χ1v) is 8.28. The molecule has 2 rings (SSSR count). The maximum Gasteiger partial charge on any atom is 0.429 e. The molecule has 1 atom stereocenters. The molecule has 0 saturated heterocycles. The first-order valence-electron chi connectivity index (χ1n) is 8.28. The summed E-state index contributed by atoms with van der Waals surface area (Å²) in [6.45, 7) is 2.24. The Hall–Kier alpha value is -2.18. The summed E-state index contributed by atoms with van der Waals surface area (Å²) in [5, 5.41) is 14.8. The molecule has 25 heavy (non-hydrogen) atoms. The summed E-state index contributed by atoms with van der Waals surface area (Å²) in [4.78, 5) is 14.1. The monoisotopic (exact) mass is 353 g/mol. The first kappa shape index (κ1) is 19.1. The lowest BCUT2D eigenvalue weighted by Crippen LogP contribution is -2.43. The quantitative estimate of drug-likeness (QED) is 0.702. The standard InChI is InChI=1S/C18H22F3N3O/c1-12(14-8-3-2-4-9-14)24(11-13-6-5-7-13)17(25)15(22)10-16(23)18(19,20)21/h2-4,8-9,12-13,22-23H,5-7,10-11H2,1H3. The van der Waals surface area contributed by atoms with Gasteiger partial charge >= 0.3 is 6.18 Å². The number of carbonyl (C=O) groups excluding carboxylic acids is 1. The topological polar surface area (TPSA) is 68.0 Å². The summed E-state index contributed by atoms with van der Waals surface area (Å²) < 4.78 is 37.6. The van der Waals surface area contributed by atoms with Crippen LogP contribution in [0.4, 0.5) is 13.2 Å². The highest BCUT2D eigenvalue weighted by atomic mass is 19.4. The number of rotatable bonds is 7. The van der Waals surface area contributed by atoms with Crippen LogP contribution < -0.4 is 0 Å². The van der Waals surface area contributed by atoms with Gasteiger partial charge in [-0.25, -0.2) is 0 Å². The van der Waals surface area contributed by atoms with E-state index in [9.17, 15) is 18.0 Å². The zero-order chi connectivity index (χ0) is 18.6. The van der Waals surface area contributed by atoms with E-state index in [1.807, 2.05) is 37.3 Å². The molecule has 4 nitrogen and oxygen atoms in total. The molecule has 2 N–H and O–H groups in total. The van der Waals surface area contributed by atoms with Crippen LogP contribution in [0.3, 0.4) is 0 Å².